The Morgan fingerprint density at radius 3 is 2.50 bits per heavy atom. The normalized spacial score (nSPS) is 11.5. The fourth-order valence-electron chi connectivity index (χ4n) is 2.31. The number of benzene rings is 1. The minimum Gasteiger partial charge on any atom is -0.343 e. The van der Waals surface area contributed by atoms with Crippen molar-refractivity contribution in [2.45, 2.75) is 6.18 Å². The van der Waals surface area contributed by atoms with Crippen LogP contribution in [0.3, 0.4) is 0 Å². The number of carbonyl (C=O) groups is 1. The molecule has 0 spiro atoms. The lowest BCUT2D eigenvalue weighted by atomic mass is 10.0. The zero-order chi connectivity index (χ0) is 17.2. The molecular formula is C17H12F3N3O. The largest absolute Gasteiger partial charge is 0.405 e. The molecule has 24 heavy (non-hydrogen) atoms. The van der Waals surface area contributed by atoms with E-state index in [9.17, 15) is 18.0 Å². The van der Waals surface area contributed by atoms with Gasteiger partial charge in [-0.3, -0.25) is 9.78 Å². The lowest BCUT2D eigenvalue weighted by Crippen LogP contribution is -2.33. The van der Waals surface area contributed by atoms with E-state index in [1.54, 1.807) is 48.8 Å². The van der Waals surface area contributed by atoms with Crippen LogP contribution in [0.1, 0.15) is 10.4 Å². The molecule has 0 unspecified atom stereocenters. The highest BCUT2D eigenvalue weighted by molar-refractivity contribution is 6.07. The third-order valence-electron chi connectivity index (χ3n) is 3.39. The highest BCUT2D eigenvalue weighted by Crippen LogP contribution is 2.24. The Bertz CT molecular complexity index is 879. The second kappa shape index (κ2) is 6.27. The molecule has 7 heteroatoms. The highest BCUT2D eigenvalue weighted by Gasteiger charge is 2.28. The van der Waals surface area contributed by atoms with Crippen LogP contribution in [0, 0.1) is 0 Å². The quantitative estimate of drug-likeness (QED) is 0.798. The first-order valence-electron chi connectivity index (χ1n) is 7.09. The van der Waals surface area contributed by atoms with Crippen LogP contribution in [0.25, 0.3) is 22.2 Å². The maximum Gasteiger partial charge on any atom is 0.405 e. The van der Waals surface area contributed by atoms with Gasteiger partial charge in [0.1, 0.15) is 6.54 Å². The third kappa shape index (κ3) is 3.51. The number of amides is 1. The molecule has 1 N–H and O–H groups in total. The second-order valence-electron chi connectivity index (χ2n) is 5.11. The maximum atomic E-state index is 12.4. The van der Waals surface area contributed by atoms with E-state index >= 15 is 0 Å². The predicted octanol–water partition coefficient (Wildman–Crippen LogP) is 3.59. The smallest absolute Gasteiger partial charge is 0.343 e. The van der Waals surface area contributed by atoms with Crippen LogP contribution >= 0.6 is 0 Å². The summed E-state index contributed by atoms with van der Waals surface area (Å²) in [5.41, 5.74) is 1.90. The monoisotopic (exact) mass is 331 g/mol. The van der Waals surface area contributed by atoms with Crippen LogP contribution in [0.4, 0.5) is 13.2 Å². The number of nitrogens with one attached hydrogen (secondary N) is 1. The fraction of sp³-hybridized carbons (Fsp3) is 0.118. The molecule has 0 aliphatic rings. The minimum atomic E-state index is -4.47. The Morgan fingerprint density at radius 2 is 1.79 bits per heavy atom. The molecule has 0 aliphatic carbocycles. The van der Waals surface area contributed by atoms with Gasteiger partial charge in [-0.25, -0.2) is 4.98 Å². The molecule has 0 fully saturated rings. The van der Waals surface area contributed by atoms with Crippen molar-refractivity contribution < 1.29 is 18.0 Å². The van der Waals surface area contributed by atoms with Crippen LogP contribution in [0.5, 0.6) is 0 Å². The summed E-state index contributed by atoms with van der Waals surface area (Å²) < 4.78 is 37.1. The van der Waals surface area contributed by atoms with Crippen LogP contribution in [0.15, 0.2) is 54.9 Å². The molecule has 0 bridgehead atoms. The van der Waals surface area contributed by atoms with Gasteiger partial charge in [-0.2, -0.15) is 13.2 Å². The standard InChI is InChI=1S/C17H12F3N3O/c18-17(19,20)10-22-16(24)13-9-15(11-5-7-21-8-6-11)23-14-4-2-1-3-12(13)14/h1-9H,10H2,(H,22,24). The number of nitrogens with zero attached hydrogens (tertiary/aromatic N) is 2. The van der Waals surface area contributed by atoms with Crippen molar-refractivity contribution in [2.75, 3.05) is 6.54 Å². The number of carbonyl (C=O) groups excluding carboxylic acids is 1. The van der Waals surface area contributed by atoms with E-state index in [0.29, 0.717) is 16.6 Å². The van der Waals surface area contributed by atoms with Crippen molar-refractivity contribution in [3.8, 4) is 11.3 Å². The van der Waals surface area contributed by atoms with Crippen LogP contribution < -0.4 is 5.32 Å². The van der Waals surface area contributed by atoms with Crippen molar-refractivity contribution >= 4 is 16.8 Å². The number of fused-ring (bicyclic) bond motifs is 1. The number of alkyl halides is 3. The van der Waals surface area contributed by atoms with Crippen molar-refractivity contribution in [1.82, 2.24) is 15.3 Å². The highest BCUT2D eigenvalue weighted by atomic mass is 19.4. The molecule has 1 amide bonds. The summed E-state index contributed by atoms with van der Waals surface area (Å²) in [5, 5.41) is 2.40. The van der Waals surface area contributed by atoms with E-state index < -0.39 is 18.6 Å². The molecule has 0 saturated carbocycles. The molecule has 0 atom stereocenters. The molecule has 3 rings (SSSR count). The summed E-state index contributed by atoms with van der Waals surface area (Å²) >= 11 is 0. The van der Waals surface area contributed by atoms with Gasteiger partial charge in [-0.1, -0.05) is 18.2 Å². The van der Waals surface area contributed by atoms with E-state index in [0.717, 1.165) is 5.56 Å². The topological polar surface area (TPSA) is 54.9 Å². The van der Waals surface area contributed by atoms with E-state index in [2.05, 4.69) is 9.97 Å². The number of halogens is 3. The van der Waals surface area contributed by atoms with Gasteiger partial charge in [-0.05, 0) is 24.3 Å². The third-order valence-corrected chi connectivity index (χ3v) is 3.39. The zero-order valence-electron chi connectivity index (χ0n) is 12.3. The van der Waals surface area contributed by atoms with Crippen LogP contribution in [0.2, 0.25) is 0 Å². The summed E-state index contributed by atoms with van der Waals surface area (Å²) in [6.45, 7) is -1.38. The lowest BCUT2D eigenvalue weighted by molar-refractivity contribution is -0.123. The van der Waals surface area contributed by atoms with Crippen molar-refractivity contribution in [3.05, 3.63) is 60.4 Å². The summed E-state index contributed by atoms with van der Waals surface area (Å²) in [4.78, 5) is 20.6. The number of rotatable bonds is 3. The molecule has 0 radical (unpaired) electrons. The Balaban J connectivity index is 2.07. The van der Waals surface area contributed by atoms with Crippen LogP contribution in [-0.2, 0) is 0 Å². The average Bonchev–Trinajstić information content (AvgIpc) is 2.59. The van der Waals surface area contributed by atoms with Crippen molar-refractivity contribution in [2.24, 2.45) is 0 Å². The molecule has 4 nitrogen and oxygen atoms in total. The predicted molar refractivity (Wildman–Crippen MR) is 83.4 cm³/mol. The summed E-state index contributed by atoms with van der Waals surface area (Å²) in [6.07, 6.45) is -1.31. The first kappa shape index (κ1) is 15.9. The molecule has 3 aromatic rings. The van der Waals surface area contributed by atoms with Gasteiger partial charge in [0.15, 0.2) is 0 Å². The second-order valence-corrected chi connectivity index (χ2v) is 5.11. The number of pyridine rings is 2. The van der Waals surface area contributed by atoms with Crippen molar-refractivity contribution in [3.63, 3.8) is 0 Å². The summed E-state index contributed by atoms with van der Waals surface area (Å²) in [5.74, 6) is -0.791. The SMILES string of the molecule is O=C(NCC(F)(F)F)c1cc(-c2ccncc2)nc2ccccc12. The van der Waals surface area contributed by atoms with Gasteiger partial charge in [-0.15, -0.1) is 0 Å². The maximum absolute atomic E-state index is 12.4. The van der Waals surface area contributed by atoms with E-state index in [4.69, 9.17) is 0 Å². The molecular weight excluding hydrogens is 319 g/mol. The number of para-hydroxylation sites is 1. The van der Waals surface area contributed by atoms with Gasteiger partial charge >= 0.3 is 6.18 Å². The minimum absolute atomic E-state index is 0.150. The molecule has 2 aromatic heterocycles. The summed E-state index contributed by atoms with van der Waals surface area (Å²) in [7, 11) is 0. The van der Waals surface area contributed by atoms with Gasteiger partial charge < -0.3 is 5.32 Å². The van der Waals surface area contributed by atoms with E-state index in [1.807, 2.05) is 5.32 Å². The Labute approximate surface area is 135 Å². The molecule has 2 heterocycles. The van der Waals surface area contributed by atoms with Gasteiger partial charge in [0.05, 0.1) is 16.8 Å². The number of aromatic nitrogens is 2. The van der Waals surface area contributed by atoms with Crippen LogP contribution in [-0.4, -0.2) is 28.6 Å². The molecule has 122 valence electrons. The van der Waals surface area contributed by atoms with Crippen molar-refractivity contribution in [1.29, 1.82) is 0 Å². The summed E-state index contributed by atoms with van der Waals surface area (Å²) in [6, 6.07) is 11.7. The molecule has 0 saturated heterocycles. The first-order chi connectivity index (χ1) is 11.4. The molecule has 0 aliphatic heterocycles. The van der Waals surface area contributed by atoms with Gasteiger partial charge in [0.2, 0.25) is 0 Å². The van der Waals surface area contributed by atoms with Gasteiger partial charge in [0.25, 0.3) is 5.91 Å². The number of hydrogen-bond donors (Lipinski definition) is 1. The van der Waals surface area contributed by atoms with E-state index in [1.165, 1.54) is 6.07 Å². The Kier molecular flexibility index (Phi) is 4.16. The fourth-order valence-corrected chi connectivity index (χ4v) is 2.31. The average molecular weight is 331 g/mol. The molecule has 1 aromatic carbocycles. The Hall–Kier alpha value is -2.96. The number of hydrogen-bond acceptors (Lipinski definition) is 3. The zero-order valence-corrected chi connectivity index (χ0v) is 12.3. The lowest BCUT2D eigenvalue weighted by Gasteiger charge is -2.11. The first-order valence-corrected chi connectivity index (χ1v) is 7.09. The van der Waals surface area contributed by atoms with E-state index in [-0.39, 0.29) is 5.56 Å². The Morgan fingerprint density at radius 1 is 1.08 bits per heavy atom. The van der Waals surface area contributed by atoms with Gasteiger partial charge in [0, 0.05) is 23.3 Å².